The molecule has 0 spiro atoms. The molecular weight excluding hydrogens is 208 g/mol. The monoisotopic (exact) mass is 230 g/mol. The first-order chi connectivity index (χ1) is 7.51. The van der Waals surface area contributed by atoms with Crippen LogP contribution >= 0.6 is 0 Å². The van der Waals surface area contributed by atoms with Crippen LogP contribution in [0.25, 0.3) is 0 Å². The van der Waals surface area contributed by atoms with E-state index in [-0.39, 0.29) is 12.5 Å². The molecule has 0 aliphatic carbocycles. The van der Waals surface area contributed by atoms with Crippen molar-refractivity contribution in [2.45, 2.75) is 27.2 Å². The van der Waals surface area contributed by atoms with E-state index >= 15 is 0 Å². The minimum Gasteiger partial charge on any atom is -0.481 e. The Kier molecular flexibility index (Phi) is 7.54. The highest BCUT2D eigenvalue weighted by Crippen LogP contribution is 1.99. The first-order valence-corrected chi connectivity index (χ1v) is 5.73. The quantitative estimate of drug-likeness (QED) is 0.639. The molecule has 0 fully saturated rings. The Morgan fingerprint density at radius 3 is 2.44 bits per heavy atom. The van der Waals surface area contributed by atoms with E-state index in [0.717, 1.165) is 6.42 Å². The number of hydrogen-bond acceptors (Lipinski definition) is 3. The molecule has 1 atom stereocenters. The van der Waals surface area contributed by atoms with Crippen LogP contribution in [-0.2, 0) is 9.59 Å². The van der Waals surface area contributed by atoms with Crippen LogP contribution in [0.1, 0.15) is 27.2 Å². The number of rotatable bonds is 8. The molecule has 0 saturated heterocycles. The maximum atomic E-state index is 11.4. The molecule has 5 heteroatoms. The van der Waals surface area contributed by atoms with Crippen molar-refractivity contribution in [1.82, 2.24) is 10.2 Å². The summed E-state index contributed by atoms with van der Waals surface area (Å²) in [7, 11) is 0. The van der Waals surface area contributed by atoms with Gasteiger partial charge in [-0.1, -0.05) is 20.8 Å². The maximum Gasteiger partial charge on any atom is 0.307 e. The molecule has 0 rings (SSSR count). The molecule has 16 heavy (non-hydrogen) atoms. The van der Waals surface area contributed by atoms with Crippen LogP contribution in [0, 0.1) is 5.92 Å². The van der Waals surface area contributed by atoms with Crippen LogP contribution < -0.4 is 5.32 Å². The minimum atomic E-state index is -0.826. The van der Waals surface area contributed by atoms with Gasteiger partial charge < -0.3 is 10.4 Å². The van der Waals surface area contributed by atoms with Gasteiger partial charge in [0.2, 0.25) is 5.91 Å². The molecule has 0 aromatic rings. The standard InChI is InChI=1S/C11H22N2O3/c1-4-6-12-10(14)8-13(5-2)7-9(3)11(15)16/h9H,4-8H2,1-3H3,(H,12,14)(H,15,16). The van der Waals surface area contributed by atoms with Gasteiger partial charge in [0.25, 0.3) is 0 Å². The Morgan fingerprint density at radius 2 is 2.00 bits per heavy atom. The number of carbonyl (C=O) groups excluding carboxylic acids is 1. The van der Waals surface area contributed by atoms with Crippen molar-refractivity contribution in [3.05, 3.63) is 0 Å². The van der Waals surface area contributed by atoms with E-state index in [2.05, 4.69) is 5.32 Å². The summed E-state index contributed by atoms with van der Waals surface area (Å²) in [5.41, 5.74) is 0. The summed E-state index contributed by atoms with van der Waals surface area (Å²) < 4.78 is 0. The second-order valence-electron chi connectivity index (χ2n) is 3.92. The lowest BCUT2D eigenvalue weighted by molar-refractivity contribution is -0.142. The van der Waals surface area contributed by atoms with Crippen molar-refractivity contribution in [3.8, 4) is 0 Å². The SMILES string of the molecule is CCCNC(=O)CN(CC)CC(C)C(=O)O. The van der Waals surface area contributed by atoms with Gasteiger partial charge in [-0.15, -0.1) is 0 Å². The highest BCUT2D eigenvalue weighted by atomic mass is 16.4. The van der Waals surface area contributed by atoms with Crippen molar-refractivity contribution in [3.63, 3.8) is 0 Å². The average molecular weight is 230 g/mol. The molecule has 0 aliphatic rings. The van der Waals surface area contributed by atoms with E-state index in [0.29, 0.717) is 19.6 Å². The Labute approximate surface area is 96.8 Å². The van der Waals surface area contributed by atoms with E-state index < -0.39 is 11.9 Å². The fourth-order valence-electron chi connectivity index (χ4n) is 1.29. The van der Waals surface area contributed by atoms with E-state index in [1.54, 1.807) is 6.92 Å². The molecule has 0 bridgehead atoms. The zero-order valence-corrected chi connectivity index (χ0v) is 10.3. The fraction of sp³-hybridized carbons (Fsp3) is 0.818. The lowest BCUT2D eigenvalue weighted by atomic mass is 10.1. The van der Waals surface area contributed by atoms with E-state index in [1.807, 2.05) is 18.7 Å². The topological polar surface area (TPSA) is 69.6 Å². The molecule has 0 radical (unpaired) electrons. The summed E-state index contributed by atoms with van der Waals surface area (Å²) in [4.78, 5) is 23.9. The molecule has 1 unspecified atom stereocenters. The summed E-state index contributed by atoms with van der Waals surface area (Å²) in [6.07, 6.45) is 0.906. The van der Waals surface area contributed by atoms with Gasteiger partial charge >= 0.3 is 5.97 Å². The normalized spacial score (nSPS) is 12.5. The van der Waals surface area contributed by atoms with Crippen LogP contribution in [0.4, 0.5) is 0 Å². The summed E-state index contributed by atoms with van der Waals surface area (Å²) >= 11 is 0. The molecule has 0 saturated carbocycles. The van der Waals surface area contributed by atoms with Gasteiger partial charge in [0.1, 0.15) is 0 Å². The van der Waals surface area contributed by atoms with Crippen molar-refractivity contribution in [2.75, 3.05) is 26.2 Å². The average Bonchev–Trinajstić information content (AvgIpc) is 2.24. The summed E-state index contributed by atoms with van der Waals surface area (Å²) in [6, 6.07) is 0. The van der Waals surface area contributed by atoms with Crippen molar-refractivity contribution < 1.29 is 14.7 Å². The summed E-state index contributed by atoms with van der Waals surface area (Å²) in [6.45, 7) is 7.59. The Balaban J connectivity index is 3.99. The summed E-state index contributed by atoms with van der Waals surface area (Å²) in [5.74, 6) is -1.31. The first kappa shape index (κ1) is 14.9. The zero-order chi connectivity index (χ0) is 12.6. The lowest BCUT2D eigenvalue weighted by Crippen LogP contribution is -2.40. The maximum absolute atomic E-state index is 11.4. The number of aliphatic carboxylic acids is 1. The number of nitrogens with one attached hydrogen (secondary N) is 1. The lowest BCUT2D eigenvalue weighted by Gasteiger charge is -2.21. The molecule has 2 N–H and O–H groups in total. The first-order valence-electron chi connectivity index (χ1n) is 5.73. The van der Waals surface area contributed by atoms with Crippen LogP contribution in [0.5, 0.6) is 0 Å². The van der Waals surface area contributed by atoms with Crippen molar-refractivity contribution in [1.29, 1.82) is 0 Å². The molecule has 0 aliphatic heterocycles. The van der Waals surface area contributed by atoms with Crippen LogP contribution in [0.3, 0.4) is 0 Å². The second kappa shape index (κ2) is 8.10. The molecule has 5 nitrogen and oxygen atoms in total. The molecule has 94 valence electrons. The predicted octanol–water partition coefficient (Wildman–Crippen LogP) is 0.555. The number of nitrogens with zero attached hydrogens (tertiary/aromatic N) is 1. The van der Waals surface area contributed by atoms with Gasteiger partial charge in [0, 0.05) is 13.1 Å². The van der Waals surface area contributed by atoms with Gasteiger partial charge in [-0.3, -0.25) is 14.5 Å². The highest BCUT2D eigenvalue weighted by Gasteiger charge is 2.16. The van der Waals surface area contributed by atoms with Crippen molar-refractivity contribution >= 4 is 11.9 Å². The molecule has 0 aromatic heterocycles. The third-order valence-corrected chi connectivity index (χ3v) is 2.34. The second-order valence-corrected chi connectivity index (χ2v) is 3.92. The van der Waals surface area contributed by atoms with E-state index in [9.17, 15) is 9.59 Å². The minimum absolute atomic E-state index is 0.0405. The van der Waals surface area contributed by atoms with Gasteiger partial charge in [-0.25, -0.2) is 0 Å². The number of carbonyl (C=O) groups is 2. The van der Waals surface area contributed by atoms with E-state index in [1.165, 1.54) is 0 Å². The molecule has 0 heterocycles. The molecule has 0 aromatic carbocycles. The van der Waals surface area contributed by atoms with Crippen LogP contribution in [0.2, 0.25) is 0 Å². The third kappa shape index (κ3) is 6.40. The molecule has 1 amide bonds. The summed E-state index contributed by atoms with van der Waals surface area (Å²) in [5, 5.41) is 11.5. The Morgan fingerprint density at radius 1 is 1.38 bits per heavy atom. The number of carboxylic acid groups (broad SMARTS) is 1. The van der Waals surface area contributed by atoms with Gasteiger partial charge in [-0.05, 0) is 13.0 Å². The number of amides is 1. The Hall–Kier alpha value is -1.10. The molecular formula is C11H22N2O3. The largest absolute Gasteiger partial charge is 0.481 e. The third-order valence-electron chi connectivity index (χ3n) is 2.34. The number of carboxylic acids is 1. The number of hydrogen-bond donors (Lipinski definition) is 2. The predicted molar refractivity (Wildman–Crippen MR) is 62.2 cm³/mol. The van der Waals surface area contributed by atoms with Gasteiger partial charge in [0.05, 0.1) is 12.5 Å². The zero-order valence-electron chi connectivity index (χ0n) is 10.3. The van der Waals surface area contributed by atoms with Gasteiger partial charge in [-0.2, -0.15) is 0 Å². The fourth-order valence-corrected chi connectivity index (χ4v) is 1.29. The van der Waals surface area contributed by atoms with E-state index in [4.69, 9.17) is 5.11 Å². The van der Waals surface area contributed by atoms with Crippen LogP contribution in [0.15, 0.2) is 0 Å². The van der Waals surface area contributed by atoms with Crippen molar-refractivity contribution in [2.24, 2.45) is 5.92 Å². The smallest absolute Gasteiger partial charge is 0.307 e. The Bertz CT molecular complexity index is 231. The number of likely N-dealkylation sites (N-methyl/N-ethyl adjacent to an activating group) is 1. The van der Waals surface area contributed by atoms with Crippen LogP contribution in [-0.4, -0.2) is 48.1 Å². The van der Waals surface area contributed by atoms with Gasteiger partial charge in [0.15, 0.2) is 0 Å². The highest BCUT2D eigenvalue weighted by molar-refractivity contribution is 5.78.